The van der Waals surface area contributed by atoms with E-state index in [9.17, 15) is 9.59 Å². The molecule has 1 heterocycles. The van der Waals surface area contributed by atoms with Gasteiger partial charge in [-0.1, -0.05) is 78.9 Å². The highest BCUT2D eigenvalue weighted by atomic mass is 16.2. The predicted octanol–water partition coefficient (Wildman–Crippen LogP) is 4.65. The maximum atomic E-state index is 13.8. The van der Waals surface area contributed by atoms with Crippen LogP contribution in [0.5, 0.6) is 0 Å². The Bertz CT molecular complexity index is 1020. The van der Waals surface area contributed by atoms with Gasteiger partial charge in [-0.05, 0) is 37.1 Å². The van der Waals surface area contributed by atoms with Crippen LogP contribution in [-0.2, 0) is 10.3 Å². The summed E-state index contributed by atoms with van der Waals surface area (Å²) in [4.78, 5) is 31.0. The average molecular weight is 399 g/mol. The molecule has 4 rings (SSSR count). The number of likely N-dealkylation sites (tertiary alicyclic amines) is 1. The molecule has 0 aliphatic carbocycles. The molecule has 0 spiro atoms. The molecule has 2 amide bonds. The van der Waals surface area contributed by atoms with Crippen LogP contribution < -0.4 is 0 Å². The van der Waals surface area contributed by atoms with Gasteiger partial charge >= 0.3 is 0 Å². The van der Waals surface area contributed by atoms with Gasteiger partial charge in [-0.2, -0.15) is 0 Å². The van der Waals surface area contributed by atoms with Crippen LogP contribution in [0.1, 0.15) is 41.4 Å². The lowest BCUT2D eigenvalue weighted by Gasteiger charge is -2.60. The first-order chi connectivity index (χ1) is 14.7. The van der Waals surface area contributed by atoms with Gasteiger partial charge in [-0.15, -0.1) is 0 Å². The van der Waals surface area contributed by atoms with E-state index in [1.54, 1.807) is 4.90 Å². The molecule has 1 fully saturated rings. The second-order valence-electron chi connectivity index (χ2n) is 7.45. The zero-order valence-electron chi connectivity index (χ0n) is 17.4. The zero-order valence-corrected chi connectivity index (χ0v) is 17.4. The van der Waals surface area contributed by atoms with Gasteiger partial charge in [0.1, 0.15) is 0 Å². The normalized spacial score (nSPS) is 20.5. The van der Waals surface area contributed by atoms with Gasteiger partial charge < -0.3 is 9.80 Å². The number of nitrogens with zero attached hydrogens (tertiary/aromatic N) is 2. The Morgan fingerprint density at radius 3 is 1.93 bits per heavy atom. The fourth-order valence-corrected chi connectivity index (χ4v) is 4.68. The molecule has 2 unspecified atom stereocenters. The van der Waals surface area contributed by atoms with Crippen molar-refractivity contribution in [2.75, 3.05) is 13.1 Å². The van der Waals surface area contributed by atoms with Crippen molar-refractivity contribution in [3.63, 3.8) is 0 Å². The number of carbonyl (C=O) groups excluding carboxylic acids is 2. The first-order valence-electron chi connectivity index (χ1n) is 10.4. The maximum absolute atomic E-state index is 13.8. The maximum Gasteiger partial charge on any atom is 0.256 e. The van der Waals surface area contributed by atoms with Crippen molar-refractivity contribution < 1.29 is 9.59 Å². The monoisotopic (exact) mass is 398 g/mol. The second kappa shape index (κ2) is 8.15. The van der Waals surface area contributed by atoms with Gasteiger partial charge in [0.2, 0.25) is 0 Å². The molecule has 4 heteroatoms. The van der Waals surface area contributed by atoms with Crippen molar-refractivity contribution in [1.82, 2.24) is 9.80 Å². The number of rotatable bonds is 6. The van der Waals surface area contributed by atoms with Crippen LogP contribution in [0.25, 0.3) is 0 Å². The Morgan fingerprint density at radius 2 is 1.40 bits per heavy atom. The summed E-state index contributed by atoms with van der Waals surface area (Å²) in [5, 5.41) is 0. The van der Waals surface area contributed by atoms with E-state index >= 15 is 0 Å². The number of hydrogen-bond donors (Lipinski definition) is 0. The molecule has 30 heavy (non-hydrogen) atoms. The van der Waals surface area contributed by atoms with Crippen molar-refractivity contribution >= 4 is 11.8 Å². The van der Waals surface area contributed by atoms with E-state index in [0.717, 1.165) is 11.1 Å². The summed E-state index contributed by atoms with van der Waals surface area (Å²) < 4.78 is 0. The molecule has 2 atom stereocenters. The van der Waals surface area contributed by atoms with Crippen LogP contribution in [0, 0.1) is 0 Å². The fraction of sp³-hybridized carbons (Fsp3) is 0.231. The van der Waals surface area contributed by atoms with Crippen LogP contribution >= 0.6 is 0 Å². The molecule has 0 N–H and O–H groups in total. The number of hydrogen-bond acceptors (Lipinski definition) is 2. The summed E-state index contributed by atoms with van der Waals surface area (Å²) in [5.41, 5.74) is 1.39. The lowest BCUT2D eigenvalue weighted by atomic mass is 9.68. The average Bonchev–Trinajstić information content (AvgIpc) is 2.81. The molecule has 0 radical (unpaired) electrons. The summed E-state index contributed by atoms with van der Waals surface area (Å²) in [6.45, 7) is 4.94. The molecular weight excluding hydrogens is 372 g/mol. The van der Waals surface area contributed by atoms with Crippen LogP contribution in [0.15, 0.2) is 91.0 Å². The van der Waals surface area contributed by atoms with E-state index in [1.165, 1.54) is 0 Å². The van der Waals surface area contributed by atoms with E-state index in [1.807, 2.05) is 110 Å². The molecule has 3 aromatic carbocycles. The summed E-state index contributed by atoms with van der Waals surface area (Å²) >= 11 is 0. The van der Waals surface area contributed by atoms with E-state index in [2.05, 4.69) is 0 Å². The van der Waals surface area contributed by atoms with Crippen LogP contribution in [-0.4, -0.2) is 34.7 Å². The smallest absolute Gasteiger partial charge is 0.256 e. The zero-order chi connectivity index (χ0) is 21.1. The van der Waals surface area contributed by atoms with Gasteiger partial charge in [0.05, 0.1) is 6.04 Å². The summed E-state index contributed by atoms with van der Waals surface area (Å²) in [6.07, 6.45) is 0. The highest BCUT2D eigenvalue weighted by Crippen LogP contribution is 2.54. The molecule has 1 saturated heterocycles. The van der Waals surface area contributed by atoms with Crippen molar-refractivity contribution in [2.24, 2.45) is 0 Å². The summed E-state index contributed by atoms with van der Waals surface area (Å²) in [5.74, 6) is -0.164. The molecule has 1 aliphatic heterocycles. The Labute approximate surface area is 177 Å². The van der Waals surface area contributed by atoms with Gasteiger partial charge in [0, 0.05) is 18.7 Å². The Balaban J connectivity index is 1.93. The SMILES string of the molecule is CCN1C(=O)C(c2ccccc2)(N(CC)C(=O)c2ccccc2)C1c1ccccc1. The third-order valence-electron chi connectivity index (χ3n) is 5.97. The molecule has 4 nitrogen and oxygen atoms in total. The number of amides is 2. The number of benzene rings is 3. The summed E-state index contributed by atoms with van der Waals surface area (Å²) in [6, 6.07) is 28.7. The quantitative estimate of drug-likeness (QED) is 0.567. The highest BCUT2D eigenvalue weighted by molar-refractivity contribution is 6.03. The third-order valence-corrected chi connectivity index (χ3v) is 5.97. The van der Waals surface area contributed by atoms with Crippen LogP contribution in [0.4, 0.5) is 0 Å². The minimum Gasteiger partial charge on any atom is -0.330 e. The number of β-lactam (4-membered cyclic amide) rings is 1. The lowest BCUT2D eigenvalue weighted by Crippen LogP contribution is -2.73. The van der Waals surface area contributed by atoms with Gasteiger partial charge in [-0.25, -0.2) is 0 Å². The summed E-state index contributed by atoms with van der Waals surface area (Å²) in [7, 11) is 0. The molecule has 1 aliphatic rings. The standard InChI is InChI=1S/C26H26N2O2/c1-3-27-23(20-14-8-5-9-15-20)26(25(27)30,22-18-12-7-13-19-22)28(4-2)24(29)21-16-10-6-11-17-21/h5-19,23H,3-4H2,1-2H3. The first kappa shape index (κ1) is 19.9. The van der Waals surface area contributed by atoms with E-state index in [-0.39, 0.29) is 17.9 Å². The van der Waals surface area contributed by atoms with Crippen molar-refractivity contribution in [3.8, 4) is 0 Å². The largest absolute Gasteiger partial charge is 0.330 e. The molecule has 0 bridgehead atoms. The Hall–Kier alpha value is -3.40. The van der Waals surface area contributed by atoms with Gasteiger partial charge in [0.15, 0.2) is 5.54 Å². The minimum atomic E-state index is -1.07. The molecular formula is C26H26N2O2. The van der Waals surface area contributed by atoms with Crippen molar-refractivity contribution in [1.29, 1.82) is 0 Å². The molecule has 0 aromatic heterocycles. The molecule has 3 aromatic rings. The first-order valence-corrected chi connectivity index (χ1v) is 10.4. The van der Waals surface area contributed by atoms with E-state index in [4.69, 9.17) is 0 Å². The minimum absolute atomic E-state index is 0.0313. The van der Waals surface area contributed by atoms with E-state index < -0.39 is 5.54 Å². The second-order valence-corrected chi connectivity index (χ2v) is 7.45. The van der Waals surface area contributed by atoms with E-state index in [0.29, 0.717) is 18.7 Å². The van der Waals surface area contributed by atoms with Crippen LogP contribution in [0.3, 0.4) is 0 Å². The Kier molecular flexibility index (Phi) is 5.40. The topological polar surface area (TPSA) is 40.6 Å². The predicted molar refractivity (Wildman–Crippen MR) is 118 cm³/mol. The number of carbonyl (C=O) groups is 2. The molecule has 0 saturated carbocycles. The van der Waals surface area contributed by atoms with Gasteiger partial charge in [-0.3, -0.25) is 9.59 Å². The van der Waals surface area contributed by atoms with Crippen molar-refractivity contribution in [3.05, 3.63) is 108 Å². The lowest BCUT2D eigenvalue weighted by molar-refractivity contribution is -0.176. The van der Waals surface area contributed by atoms with Crippen LogP contribution in [0.2, 0.25) is 0 Å². The Morgan fingerprint density at radius 1 is 0.867 bits per heavy atom. The number of likely N-dealkylation sites (N-methyl/N-ethyl adjacent to an activating group) is 2. The third kappa shape index (κ3) is 2.91. The van der Waals surface area contributed by atoms with Gasteiger partial charge in [0.25, 0.3) is 11.8 Å². The highest BCUT2D eigenvalue weighted by Gasteiger charge is 2.65. The fourth-order valence-electron chi connectivity index (χ4n) is 4.68. The van der Waals surface area contributed by atoms with Crippen molar-refractivity contribution in [2.45, 2.75) is 25.4 Å². The molecule has 152 valence electrons.